The fraction of sp³-hybridized carbons (Fsp3) is 0.276. The first-order valence-electron chi connectivity index (χ1n) is 12.5. The Morgan fingerprint density at radius 3 is 2.39 bits per heavy atom. The Bertz CT molecular complexity index is 1480. The maximum Gasteiger partial charge on any atom is 0.238 e. The number of primary sulfonamides is 1. The van der Waals surface area contributed by atoms with Gasteiger partial charge in [-0.05, 0) is 48.4 Å². The van der Waals surface area contributed by atoms with Gasteiger partial charge in [-0.25, -0.2) is 18.5 Å². The van der Waals surface area contributed by atoms with Crippen molar-refractivity contribution in [2.45, 2.75) is 36.2 Å². The number of aryl methyl sites for hydroxylation is 1. The van der Waals surface area contributed by atoms with Crippen LogP contribution in [0.5, 0.6) is 5.75 Å². The van der Waals surface area contributed by atoms with Gasteiger partial charge < -0.3 is 19.0 Å². The average Bonchev–Trinajstić information content (AvgIpc) is 3.36. The van der Waals surface area contributed by atoms with Crippen LogP contribution >= 0.6 is 0 Å². The Kier molecular flexibility index (Phi) is 7.62. The fourth-order valence-corrected chi connectivity index (χ4v) is 5.06. The summed E-state index contributed by atoms with van der Waals surface area (Å²) in [4.78, 5) is 4.78. The van der Waals surface area contributed by atoms with E-state index in [2.05, 4.69) is 0 Å². The second-order valence-electron chi connectivity index (χ2n) is 9.34. The van der Waals surface area contributed by atoms with Gasteiger partial charge in [0.25, 0.3) is 0 Å². The lowest BCUT2D eigenvalue weighted by molar-refractivity contribution is -0.0680. The summed E-state index contributed by atoms with van der Waals surface area (Å²) < 4.78 is 40.8. The summed E-state index contributed by atoms with van der Waals surface area (Å²) >= 11 is 0. The third kappa shape index (κ3) is 5.97. The summed E-state index contributed by atoms with van der Waals surface area (Å²) in [7, 11) is -3.79. The van der Waals surface area contributed by atoms with Gasteiger partial charge in [-0.2, -0.15) is 0 Å². The van der Waals surface area contributed by atoms with Crippen LogP contribution in [0.25, 0.3) is 22.6 Å². The number of rotatable bonds is 9. The van der Waals surface area contributed by atoms with Gasteiger partial charge in [0.15, 0.2) is 11.7 Å². The summed E-state index contributed by atoms with van der Waals surface area (Å²) in [5, 5.41) is 16.2. The van der Waals surface area contributed by atoms with Crippen molar-refractivity contribution in [2.24, 2.45) is 5.14 Å². The molecule has 0 unspecified atom stereocenters. The van der Waals surface area contributed by atoms with E-state index >= 15 is 0 Å². The van der Waals surface area contributed by atoms with E-state index in [1.165, 1.54) is 12.1 Å². The van der Waals surface area contributed by atoms with Crippen molar-refractivity contribution in [2.75, 3.05) is 19.8 Å². The highest BCUT2D eigenvalue weighted by molar-refractivity contribution is 7.89. The highest BCUT2D eigenvalue weighted by atomic mass is 32.2. The van der Waals surface area contributed by atoms with Crippen LogP contribution in [0.1, 0.15) is 30.7 Å². The number of ether oxygens (including phenoxy) is 2. The van der Waals surface area contributed by atoms with Crippen molar-refractivity contribution in [3.63, 3.8) is 0 Å². The fourth-order valence-electron chi connectivity index (χ4n) is 4.54. The predicted molar refractivity (Wildman–Crippen MR) is 143 cm³/mol. The minimum absolute atomic E-state index is 0.0346. The van der Waals surface area contributed by atoms with E-state index in [9.17, 15) is 13.5 Å². The van der Waals surface area contributed by atoms with Crippen molar-refractivity contribution in [1.29, 1.82) is 0 Å². The summed E-state index contributed by atoms with van der Waals surface area (Å²) in [6, 6.07) is 23.5. The smallest absolute Gasteiger partial charge is 0.238 e. The third-order valence-electron chi connectivity index (χ3n) is 6.66. The molecule has 1 aromatic heterocycles. The highest BCUT2D eigenvalue weighted by Crippen LogP contribution is 2.35. The van der Waals surface area contributed by atoms with Crippen LogP contribution in [-0.2, 0) is 26.8 Å². The molecule has 0 spiro atoms. The zero-order chi connectivity index (χ0) is 26.6. The second kappa shape index (κ2) is 11.1. The summed E-state index contributed by atoms with van der Waals surface area (Å²) in [6.45, 7) is 1.54. The Balaban J connectivity index is 1.28. The standard InChI is InChI=1S/C29H30N2O6S/c30-38(33,34)25-13-11-22(12-14-25)28-27(21-6-2-1-3-7-21)31-26(37-28)10-5-17-36-24-9-4-8-23(20-24)29(32)15-18-35-19-16-29/h1-4,6-9,11-14,20,32H,5,10,15-19H2,(H2,30,33,34). The van der Waals surface area contributed by atoms with Gasteiger partial charge in [0.2, 0.25) is 10.0 Å². The number of aromatic nitrogens is 1. The van der Waals surface area contributed by atoms with Gasteiger partial charge >= 0.3 is 0 Å². The number of nitrogens with zero attached hydrogens (tertiary/aromatic N) is 1. The van der Waals surface area contributed by atoms with Gasteiger partial charge in [0, 0.05) is 43.6 Å². The Morgan fingerprint density at radius 2 is 1.68 bits per heavy atom. The summed E-state index contributed by atoms with van der Waals surface area (Å²) in [6.07, 6.45) is 2.35. The van der Waals surface area contributed by atoms with Crippen molar-refractivity contribution < 1.29 is 27.4 Å². The SMILES string of the molecule is NS(=O)(=O)c1ccc(-c2oc(CCCOc3cccc(C4(O)CCOCC4)c3)nc2-c2ccccc2)cc1. The molecule has 1 fully saturated rings. The van der Waals surface area contributed by atoms with Gasteiger partial charge in [-0.3, -0.25) is 0 Å². The monoisotopic (exact) mass is 534 g/mol. The van der Waals surface area contributed by atoms with Crippen LogP contribution in [0, 0.1) is 0 Å². The molecule has 0 saturated carbocycles. The van der Waals surface area contributed by atoms with Gasteiger partial charge in [-0.1, -0.05) is 42.5 Å². The van der Waals surface area contributed by atoms with E-state index in [4.69, 9.17) is 24.0 Å². The molecular formula is C29H30N2O6S. The molecule has 1 aliphatic rings. The molecular weight excluding hydrogens is 504 g/mol. The van der Waals surface area contributed by atoms with Gasteiger partial charge in [0.1, 0.15) is 11.4 Å². The van der Waals surface area contributed by atoms with Crippen molar-refractivity contribution >= 4 is 10.0 Å². The van der Waals surface area contributed by atoms with E-state index < -0.39 is 15.6 Å². The molecule has 0 radical (unpaired) electrons. The lowest BCUT2D eigenvalue weighted by Gasteiger charge is -2.32. The Morgan fingerprint density at radius 1 is 0.947 bits per heavy atom. The van der Waals surface area contributed by atoms with E-state index in [1.807, 2.05) is 54.6 Å². The van der Waals surface area contributed by atoms with E-state index in [-0.39, 0.29) is 4.90 Å². The van der Waals surface area contributed by atoms with E-state index in [0.29, 0.717) is 74.2 Å². The first-order chi connectivity index (χ1) is 18.3. The van der Waals surface area contributed by atoms with Gasteiger partial charge in [-0.15, -0.1) is 0 Å². The molecule has 1 aliphatic heterocycles. The minimum atomic E-state index is -3.79. The van der Waals surface area contributed by atoms with E-state index in [1.54, 1.807) is 12.1 Å². The number of benzene rings is 3. The van der Waals surface area contributed by atoms with Crippen LogP contribution in [0.3, 0.4) is 0 Å². The molecule has 3 aromatic carbocycles. The number of nitrogens with two attached hydrogens (primary N) is 1. The zero-order valence-corrected chi connectivity index (χ0v) is 21.7. The average molecular weight is 535 g/mol. The normalized spacial score (nSPS) is 15.3. The summed E-state index contributed by atoms with van der Waals surface area (Å²) in [5.41, 5.74) is 2.24. The molecule has 2 heterocycles. The number of hydrogen-bond acceptors (Lipinski definition) is 7. The van der Waals surface area contributed by atoms with Crippen LogP contribution in [0.4, 0.5) is 0 Å². The largest absolute Gasteiger partial charge is 0.494 e. The molecule has 0 bridgehead atoms. The number of aliphatic hydroxyl groups is 1. The topological polar surface area (TPSA) is 125 Å². The lowest BCUT2D eigenvalue weighted by atomic mass is 9.86. The molecule has 1 saturated heterocycles. The van der Waals surface area contributed by atoms with Crippen molar-refractivity contribution in [3.8, 4) is 28.3 Å². The lowest BCUT2D eigenvalue weighted by Crippen LogP contribution is -2.33. The minimum Gasteiger partial charge on any atom is -0.494 e. The molecule has 0 atom stereocenters. The quantitative estimate of drug-likeness (QED) is 0.299. The molecule has 0 amide bonds. The first-order valence-corrected chi connectivity index (χ1v) is 14.1. The molecule has 3 N–H and O–H groups in total. The van der Waals surface area contributed by atoms with Crippen LogP contribution in [0.2, 0.25) is 0 Å². The first kappa shape index (κ1) is 26.1. The zero-order valence-electron chi connectivity index (χ0n) is 20.9. The number of sulfonamides is 1. The van der Waals surface area contributed by atoms with E-state index in [0.717, 1.165) is 11.1 Å². The molecule has 38 heavy (non-hydrogen) atoms. The Labute approximate surface area is 222 Å². The molecule has 198 valence electrons. The molecule has 0 aliphatic carbocycles. The molecule has 9 heteroatoms. The molecule has 4 aromatic rings. The Hall–Kier alpha value is -3.50. The second-order valence-corrected chi connectivity index (χ2v) is 10.9. The number of hydrogen-bond donors (Lipinski definition) is 2. The molecule has 5 rings (SSSR count). The summed E-state index contributed by atoms with van der Waals surface area (Å²) in [5.74, 6) is 1.82. The maximum atomic E-state index is 11.7. The van der Waals surface area contributed by atoms with Crippen LogP contribution < -0.4 is 9.88 Å². The third-order valence-corrected chi connectivity index (χ3v) is 7.59. The van der Waals surface area contributed by atoms with Crippen molar-refractivity contribution in [3.05, 3.63) is 90.3 Å². The molecule has 8 nitrogen and oxygen atoms in total. The van der Waals surface area contributed by atoms with Crippen LogP contribution in [0.15, 0.2) is 88.2 Å². The highest BCUT2D eigenvalue weighted by Gasteiger charge is 2.32. The number of oxazole rings is 1. The van der Waals surface area contributed by atoms with Gasteiger partial charge in [0.05, 0.1) is 17.1 Å². The maximum absolute atomic E-state index is 11.7. The predicted octanol–water partition coefficient (Wildman–Crippen LogP) is 4.67. The van der Waals surface area contributed by atoms with Crippen LogP contribution in [-0.4, -0.2) is 38.3 Å². The van der Waals surface area contributed by atoms with Crippen molar-refractivity contribution in [1.82, 2.24) is 4.98 Å².